The summed E-state index contributed by atoms with van der Waals surface area (Å²) in [7, 11) is 1.50. The van der Waals surface area contributed by atoms with E-state index in [2.05, 4.69) is 0 Å². The number of fused-ring (bicyclic) bond motifs is 3. The Hall–Kier alpha value is -5.37. The molecule has 2 amide bonds. The summed E-state index contributed by atoms with van der Waals surface area (Å²) in [5.41, 5.74) is 3.39. The van der Waals surface area contributed by atoms with Crippen molar-refractivity contribution in [1.82, 2.24) is 0 Å². The first-order valence-electron chi connectivity index (χ1n) is 14.8. The number of ether oxygens (including phenoxy) is 1. The molecule has 1 aliphatic heterocycles. The number of rotatable bonds is 5. The molecule has 0 aromatic heterocycles. The monoisotopic (exact) mass is 599 g/mol. The van der Waals surface area contributed by atoms with Gasteiger partial charge in [0.25, 0.3) is 0 Å². The first-order valence-corrected chi connectivity index (χ1v) is 14.8. The van der Waals surface area contributed by atoms with Crippen molar-refractivity contribution in [2.45, 2.75) is 25.7 Å². The quantitative estimate of drug-likeness (QED) is 0.184. The highest BCUT2D eigenvalue weighted by Crippen LogP contribution is 2.56. The smallest absolute Gasteiger partial charge is 0.238 e. The van der Waals surface area contributed by atoms with Gasteiger partial charge in [-0.05, 0) is 74.2 Å². The topological polar surface area (TPSA) is 118 Å². The van der Waals surface area contributed by atoms with E-state index in [4.69, 9.17) is 4.74 Å². The van der Waals surface area contributed by atoms with Crippen molar-refractivity contribution < 1.29 is 33.8 Å². The molecule has 1 saturated heterocycles. The largest absolute Gasteiger partial charge is 0.508 e. The van der Waals surface area contributed by atoms with Crippen molar-refractivity contribution >= 4 is 34.9 Å². The van der Waals surface area contributed by atoms with Crippen molar-refractivity contribution in [3.05, 3.63) is 124 Å². The summed E-state index contributed by atoms with van der Waals surface area (Å²) >= 11 is 0. The Labute approximate surface area is 259 Å². The number of anilines is 1. The Balaban J connectivity index is 1.27. The van der Waals surface area contributed by atoms with Crippen LogP contribution in [-0.2, 0) is 19.2 Å². The predicted molar refractivity (Wildman–Crippen MR) is 165 cm³/mol. The summed E-state index contributed by atoms with van der Waals surface area (Å²) in [5, 5.41) is 11.0. The minimum absolute atomic E-state index is 0.0663. The number of methoxy groups -OCH3 is 1. The molecule has 224 valence electrons. The lowest BCUT2D eigenvalue weighted by Gasteiger charge is -2.42. The van der Waals surface area contributed by atoms with Crippen molar-refractivity contribution in [2.24, 2.45) is 17.8 Å². The SMILES string of the molecule is COc1ccc(O)c([C@H]2C3=CC[C@@H]4C(=O)N(c5ccc(C(=O)c6ccccc6)cc5)C(=O)[C@@H]4[C@@H]3CC3=C2C(=O)C=C(C)C3=O)c1. The Morgan fingerprint density at radius 1 is 0.889 bits per heavy atom. The Bertz CT molecular complexity index is 1920. The number of aromatic hydroxyl groups is 1. The van der Waals surface area contributed by atoms with Crippen molar-refractivity contribution in [3.8, 4) is 11.5 Å². The number of nitrogens with zero attached hydrogens (tertiary/aromatic N) is 1. The number of allylic oxidation sites excluding steroid dienone is 6. The van der Waals surface area contributed by atoms with Gasteiger partial charge in [0, 0.05) is 39.3 Å². The third kappa shape index (κ3) is 4.39. The fraction of sp³-hybridized carbons (Fsp3) is 0.216. The summed E-state index contributed by atoms with van der Waals surface area (Å²) < 4.78 is 5.41. The van der Waals surface area contributed by atoms with Crippen LogP contribution in [0.5, 0.6) is 11.5 Å². The number of carbonyl (C=O) groups excluding carboxylic acids is 5. The van der Waals surface area contributed by atoms with Gasteiger partial charge in [-0.3, -0.25) is 28.9 Å². The van der Waals surface area contributed by atoms with E-state index in [0.717, 1.165) is 5.57 Å². The highest BCUT2D eigenvalue weighted by atomic mass is 16.5. The summed E-state index contributed by atoms with van der Waals surface area (Å²) in [4.78, 5) is 69.1. The fourth-order valence-electron chi connectivity index (χ4n) is 7.40. The van der Waals surface area contributed by atoms with E-state index in [0.29, 0.717) is 44.8 Å². The van der Waals surface area contributed by atoms with E-state index in [-0.39, 0.29) is 47.8 Å². The number of hydrogen-bond acceptors (Lipinski definition) is 7. The Morgan fingerprint density at radius 2 is 1.60 bits per heavy atom. The molecule has 3 aromatic rings. The van der Waals surface area contributed by atoms with Crippen molar-refractivity contribution in [3.63, 3.8) is 0 Å². The van der Waals surface area contributed by atoms with Gasteiger partial charge in [0.1, 0.15) is 11.5 Å². The number of carbonyl (C=O) groups is 5. The van der Waals surface area contributed by atoms with Crippen LogP contribution in [0.4, 0.5) is 5.69 Å². The standard InChI is InChI=1S/C37H29NO7/c1-19-16-30(40)33-28(34(19)41)18-26-24(31(33)27-17-23(45-2)12-15-29(27)39)13-14-25-32(26)37(44)38(36(25)43)22-10-8-21(9-11-22)35(42)20-6-4-3-5-7-20/h3-13,15-17,25-26,31-32,39H,14,18H2,1-2H3/t25-,26+,31+,32-/m0/s1. The summed E-state index contributed by atoms with van der Waals surface area (Å²) in [6.07, 6.45) is 3.63. The first kappa shape index (κ1) is 28.4. The van der Waals surface area contributed by atoms with Crippen LogP contribution in [-0.4, -0.2) is 41.4 Å². The average Bonchev–Trinajstić information content (AvgIpc) is 3.32. The molecule has 8 heteroatoms. The molecule has 4 atom stereocenters. The van der Waals surface area contributed by atoms with Crippen LogP contribution in [0, 0.1) is 17.8 Å². The normalized spacial score (nSPS) is 24.1. The summed E-state index contributed by atoms with van der Waals surface area (Å²) in [6, 6.07) is 20.0. The maximum Gasteiger partial charge on any atom is 0.238 e. The van der Waals surface area contributed by atoms with Crippen LogP contribution >= 0.6 is 0 Å². The average molecular weight is 600 g/mol. The maximum atomic E-state index is 14.2. The number of phenols is 1. The Morgan fingerprint density at radius 3 is 2.31 bits per heavy atom. The molecule has 1 heterocycles. The molecular formula is C37H29NO7. The summed E-state index contributed by atoms with van der Waals surface area (Å²) in [6.45, 7) is 1.59. The highest BCUT2D eigenvalue weighted by molar-refractivity contribution is 6.25. The molecule has 8 nitrogen and oxygen atoms in total. The number of imide groups is 1. The van der Waals surface area contributed by atoms with Crippen molar-refractivity contribution in [2.75, 3.05) is 12.0 Å². The molecule has 3 aliphatic carbocycles. The van der Waals surface area contributed by atoms with Crippen LogP contribution in [0.25, 0.3) is 0 Å². The van der Waals surface area contributed by atoms with Crippen LogP contribution in [0.2, 0.25) is 0 Å². The van der Waals surface area contributed by atoms with E-state index in [1.165, 1.54) is 24.2 Å². The molecule has 7 rings (SSSR count). The molecule has 3 aromatic carbocycles. The van der Waals surface area contributed by atoms with Gasteiger partial charge in [-0.1, -0.05) is 42.0 Å². The van der Waals surface area contributed by atoms with Gasteiger partial charge >= 0.3 is 0 Å². The van der Waals surface area contributed by atoms with Crippen LogP contribution in [0.15, 0.2) is 107 Å². The zero-order valence-corrected chi connectivity index (χ0v) is 24.7. The molecule has 0 spiro atoms. The van der Waals surface area contributed by atoms with Gasteiger partial charge in [-0.25, -0.2) is 0 Å². The zero-order valence-electron chi connectivity index (χ0n) is 24.7. The highest BCUT2D eigenvalue weighted by Gasteiger charge is 2.56. The third-order valence-electron chi connectivity index (χ3n) is 9.53. The number of hydrogen-bond donors (Lipinski definition) is 1. The number of Topliss-reactive ketones (excluding diaryl/α,β-unsaturated/α-hetero) is 1. The van der Waals surface area contributed by atoms with E-state index in [1.54, 1.807) is 67.6 Å². The molecule has 0 saturated carbocycles. The van der Waals surface area contributed by atoms with E-state index < -0.39 is 23.7 Å². The molecule has 4 aliphatic rings. The second-order valence-corrected chi connectivity index (χ2v) is 11.9. The molecule has 0 unspecified atom stereocenters. The van der Waals surface area contributed by atoms with Gasteiger partial charge < -0.3 is 9.84 Å². The molecule has 1 N–H and O–H groups in total. The van der Waals surface area contributed by atoms with Crippen LogP contribution < -0.4 is 9.64 Å². The maximum absolute atomic E-state index is 14.2. The minimum Gasteiger partial charge on any atom is -0.508 e. The molecular weight excluding hydrogens is 570 g/mol. The third-order valence-corrected chi connectivity index (χ3v) is 9.53. The molecule has 0 bridgehead atoms. The Kier molecular flexibility index (Phi) is 6.73. The lowest BCUT2D eigenvalue weighted by atomic mass is 9.59. The lowest BCUT2D eigenvalue weighted by molar-refractivity contribution is -0.123. The second-order valence-electron chi connectivity index (χ2n) is 11.9. The first-order chi connectivity index (χ1) is 21.7. The number of ketones is 3. The van der Waals surface area contributed by atoms with Gasteiger partial charge in [0.15, 0.2) is 17.3 Å². The van der Waals surface area contributed by atoms with E-state index in [1.807, 2.05) is 12.1 Å². The van der Waals surface area contributed by atoms with Gasteiger partial charge in [-0.15, -0.1) is 0 Å². The number of amides is 2. The molecule has 0 radical (unpaired) electrons. The molecule has 1 fully saturated rings. The fourth-order valence-corrected chi connectivity index (χ4v) is 7.40. The van der Waals surface area contributed by atoms with Crippen molar-refractivity contribution in [1.29, 1.82) is 0 Å². The zero-order chi connectivity index (χ0) is 31.6. The van der Waals surface area contributed by atoms with E-state index in [9.17, 15) is 29.1 Å². The van der Waals surface area contributed by atoms with Crippen LogP contribution in [0.1, 0.15) is 47.2 Å². The molecule has 45 heavy (non-hydrogen) atoms. The number of phenolic OH excluding ortho intramolecular Hbond substituents is 1. The van der Waals surface area contributed by atoms with E-state index >= 15 is 0 Å². The van der Waals surface area contributed by atoms with Gasteiger partial charge in [0.2, 0.25) is 11.8 Å². The van der Waals surface area contributed by atoms with Gasteiger partial charge in [0.05, 0.1) is 24.6 Å². The van der Waals surface area contributed by atoms with Crippen LogP contribution in [0.3, 0.4) is 0 Å². The summed E-state index contributed by atoms with van der Waals surface area (Å²) in [5.74, 6) is -3.81. The second kappa shape index (κ2) is 10.7. The number of benzene rings is 3. The minimum atomic E-state index is -0.782. The predicted octanol–water partition coefficient (Wildman–Crippen LogP) is 5.27. The van der Waals surface area contributed by atoms with Gasteiger partial charge in [-0.2, -0.15) is 0 Å². The lowest BCUT2D eigenvalue weighted by Crippen LogP contribution is -2.39.